The molecule has 1 N–H and O–H groups in total. The summed E-state index contributed by atoms with van der Waals surface area (Å²) in [5.74, 6) is 0.456. The maximum Gasteiger partial charge on any atom is 0.416 e. The van der Waals surface area contributed by atoms with E-state index < -0.39 is 11.7 Å². The van der Waals surface area contributed by atoms with Gasteiger partial charge in [0, 0.05) is 12.7 Å². The third-order valence-corrected chi connectivity index (χ3v) is 5.00. The molecule has 0 saturated carbocycles. The van der Waals surface area contributed by atoms with Gasteiger partial charge in [0.15, 0.2) is 0 Å². The predicted molar refractivity (Wildman–Crippen MR) is 110 cm³/mol. The van der Waals surface area contributed by atoms with Crippen LogP contribution in [0.25, 0.3) is 33.4 Å². The third kappa shape index (κ3) is 2.88. The average Bonchev–Trinajstić information content (AvgIpc) is 3.34. The molecule has 0 aliphatic rings. The number of alkyl halides is 3. The fourth-order valence-corrected chi connectivity index (χ4v) is 3.65. The van der Waals surface area contributed by atoms with Gasteiger partial charge < -0.3 is 5.32 Å². The summed E-state index contributed by atoms with van der Waals surface area (Å²) >= 11 is 0. The first-order valence-corrected chi connectivity index (χ1v) is 9.26. The summed E-state index contributed by atoms with van der Waals surface area (Å²) in [7, 11) is 1.69. The van der Waals surface area contributed by atoms with E-state index in [2.05, 4.69) is 15.3 Å². The Balaban J connectivity index is 1.81. The first kappa shape index (κ1) is 18.2. The standard InChI is InChI=1S/C22H16F3N5/c1-26-21-28-18-7-3-5-9-20(18)30(21)16-11-14(22(23,24)25)10-15(12-16)29-13-27-17-6-2-4-8-19(17)29/h2-13H,1H3,(H,26,28). The average molecular weight is 407 g/mol. The number of para-hydroxylation sites is 4. The lowest BCUT2D eigenvalue weighted by Gasteiger charge is -2.16. The number of fused-ring (bicyclic) bond motifs is 2. The highest BCUT2D eigenvalue weighted by molar-refractivity contribution is 5.82. The van der Waals surface area contributed by atoms with Crippen molar-refractivity contribution >= 4 is 28.0 Å². The van der Waals surface area contributed by atoms with Gasteiger partial charge in [-0.3, -0.25) is 9.13 Å². The van der Waals surface area contributed by atoms with Crippen molar-refractivity contribution in [2.24, 2.45) is 0 Å². The molecular weight excluding hydrogens is 391 g/mol. The number of benzene rings is 3. The summed E-state index contributed by atoms with van der Waals surface area (Å²) < 4.78 is 44.7. The second-order valence-electron chi connectivity index (χ2n) is 6.85. The van der Waals surface area contributed by atoms with Gasteiger partial charge in [-0.15, -0.1) is 0 Å². The summed E-state index contributed by atoms with van der Waals surface area (Å²) in [6.07, 6.45) is -2.97. The predicted octanol–water partition coefficient (Wildman–Crippen LogP) is 5.42. The van der Waals surface area contributed by atoms with Gasteiger partial charge in [-0.05, 0) is 42.5 Å². The highest BCUT2D eigenvalue weighted by Gasteiger charge is 2.32. The third-order valence-electron chi connectivity index (χ3n) is 5.00. The molecule has 0 spiro atoms. The molecule has 0 radical (unpaired) electrons. The molecule has 0 amide bonds. The second-order valence-corrected chi connectivity index (χ2v) is 6.85. The van der Waals surface area contributed by atoms with Crippen LogP contribution in [0.3, 0.4) is 0 Å². The molecule has 2 aromatic heterocycles. The topological polar surface area (TPSA) is 47.7 Å². The fourth-order valence-electron chi connectivity index (χ4n) is 3.65. The molecule has 0 atom stereocenters. The lowest BCUT2D eigenvalue weighted by molar-refractivity contribution is -0.137. The zero-order chi connectivity index (χ0) is 20.9. The number of nitrogens with one attached hydrogen (secondary N) is 1. The number of anilines is 1. The number of halogens is 3. The molecule has 150 valence electrons. The summed E-state index contributed by atoms with van der Waals surface area (Å²) in [5.41, 5.74) is 2.82. The normalized spacial score (nSPS) is 12.0. The summed E-state index contributed by atoms with van der Waals surface area (Å²) in [6.45, 7) is 0. The van der Waals surface area contributed by atoms with E-state index in [0.717, 1.165) is 17.6 Å². The van der Waals surface area contributed by atoms with Gasteiger partial charge in [-0.2, -0.15) is 13.2 Å². The Bertz CT molecular complexity index is 1380. The number of hydrogen-bond donors (Lipinski definition) is 1. The minimum absolute atomic E-state index is 0.357. The minimum Gasteiger partial charge on any atom is -0.358 e. The van der Waals surface area contributed by atoms with Crippen LogP contribution < -0.4 is 5.32 Å². The van der Waals surface area contributed by atoms with Crippen LogP contribution in [0.15, 0.2) is 73.1 Å². The Labute approximate surface area is 169 Å². The van der Waals surface area contributed by atoms with Crippen LogP contribution in [0.4, 0.5) is 19.1 Å². The van der Waals surface area contributed by atoms with Crippen LogP contribution in [0.2, 0.25) is 0 Å². The van der Waals surface area contributed by atoms with E-state index in [1.165, 1.54) is 6.33 Å². The summed E-state index contributed by atoms with van der Waals surface area (Å²) in [6, 6.07) is 18.6. The van der Waals surface area contributed by atoms with Gasteiger partial charge >= 0.3 is 6.18 Å². The molecule has 5 rings (SSSR count). The monoisotopic (exact) mass is 407 g/mol. The van der Waals surface area contributed by atoms with Crippen LogP contribution in [0.1, 0.15) is 5.56 Å². The molecule has 5 nitrogen and oxygen atoms in total. The molecule has 8 heteroatoms. The van der Waals surface area contributed by atoms with Crippen molar-refractivity contribution in [1.82, 2.24) is 19.1 Å². The van der Waals surface area contributed by atoms with E-state index in [-0.39, 0.29) is 0 Å². The zero-order valence-corrected chi connectivity index (χ0v) is 15.9. The lowest BCUT2D eigenvalue weighted by Crippen LogP contribution is -2.09. The van der Waals surface area contributed by atoms with Crippen LogP contribution in [0.5, 0.6) is 0 Å². The molecule has 0 fully saturated rings. The number of hydrogen-bond acceptors (Lipinski definition) is 3. The van der Waals surface area contributed by atoms with Gasteiger partial charge in [-0.1, -0.05) is 24.3 Å². The Morgan fingerprint density at radius 2 is 1.50 bits per heavy atom. The quantitative estimate of drug-likeness (QED) is 0.434. The van der Waals surface area contributed by atoms with E-state index in [4.69, 9.17) is 0 Å². The molecule has 30 heavy (non-hydrogen) atoms. The molecule has 0 bridgehead atoms. The molecule has 5 aromatic rings. The van der Waals surface area contributed by atoms with Crippen molar-refractivity contribution in [2.75, 3.05) is 12.4 Å². The Morgan fingerprint density at radius 1 is 0.833 bits per heavy atom. The van der Waals surface area contributed by atoms with Crippen molar-refractivity contribution in [1.29, 1.82) is 0 Å². The van der Waals surface area contributed by atoms with Crippen LogP contribution in [-0.2, 0) is 6.18 Å². The maximum atomic E-state index is 13.8. The smallest absolute Gasteiger partial charge is 0.358 e. The summed E-state index contributed by atoms with van der Waals surface area (Å²) in [5, 5.41) is 2.98. The van der Waals surface area contributed by atoms with E-state index in [1.807, 2.05) is 48.5 Å². The van der Waals surface area contributed by atoms with Gasteiger partial charge in [0.1, 0.15) is 6.33 Å². The lowest BCUT2D eigenvalue weighted by atomic mass is 10.1. The highest BCUT2D eigenvalue weighted by Crippen LogP contribution is 2.35. The van der Waals surface area contributed by atoms with Gasteiger partial charge in [0.2, 0.25) is 5.95 Å². The van der Waals surface area contributed by atoms with Crippen LogP contribution in [0, 0.1) is 0 Å². The second kappa shape index (κ2) is 6.62. The van der Waals surface area contributed by atoms with Crippen molar-refractivity contribution in [3.8, 4) is 11.4 Å². The molecule has 3 aromatic carbocycles. The van der Waals surface area contributed by atoms with Crippen molar-refractivity contribution in [3.05, 3.63) is 78.6 Å². The van der Waals surface area contributed by atoms with Gasteiger partial charge in [-0.25, -0.2) is 9.97 Å². The first-order valence-electron chi connectivity index (χ1n) is 9.26. The van der Waals surface area contributed by atoms with Crippen molar-refractivity contribution in [3.63, 3.8) is 0 Å². The SMILES string of the molecule is CNc1nc2ccccc2n1-c1cc(-n2cnc3ccccc32)cc(C(F)(F)F)c1. The van der Waals surface area contributed by atoms with Crippen LogP contribution >= 0.6 is 0 Å². The van der Waals surface area contributed by atoms with Gasteiger partial charge in [0.25, 0.3) is 0 Å². The number of imidazole rings is 2. The fraction of sp³-hybridized carbons (Fsp3) is 0.0909. The van der Waals surface area contributed by atoms with E-state index in [0.29, 0.717) is 33.9 Å². The Morgan fingerprint density at radius 3 is 2.23 bits per heavy atom. The largest absolute Gasteiger partial charge is 0.416 e. The molecule has 0 unspecified atom stereocenters. The molecular formula is C22H16F3N5. The summed E-state index contributed by atoms with van der Waals surface area (Å²) in [4.78, 5) is 8.81. The maximum absolute atomic E-state index is 13.8. The number of aromatic nitrogens is 4. The van der Waals surface area contributed by atoms with E-state index >= 15 is 0 Å². The van der Waals surface area contributed by atoms with Crippen LogP contribution in [-0.4, -0.2) is 26.1 Å². The Kier molecular flexibility index (Phi) is 4.02. The zero-order valence-electron chi connectivity index (χ0n) is 15.9. The minimum atomic E-state index is -4.50. The molecule has 2 heterocycles. The first-order chi connectivity index (χ1) is 14.5. The number of nitrogens with zero attached hydrogens (tertiary/aromatic N) is 4. The highest BCUT2D eigenvalue weighted by atomic mass is 19.4. The van der Waals surface area contributed by atoms with Crippen molar-refractivity contribution in [2.45, 2.75) is 6.18 Å². The number of rotatable bonds is 3. The van der Waals surface area contributed by atoms with E-state index in [1.54, 1.807) is 22.2 Å². The van der Waals surface area contributed by atoms with E-state index in [9.17, 15) is 13.2 Å². The van der Waals surface area contributed by atoms with Gasteiger partial charge in [0.05, 0.1) is 33.3 Å². The Hall–Kier alpha value is -3.81. The molecule has 0 aliphatic heterocycles. The molecule has 0 aliphatic carbocycles. The van der Waals surface area contributed by atoms with Crippen molar-refractivity contribution < 1.29 is 13.2 Å². The molecule has 0 saturated heterocycles.